The summed E-state index contributed by atoms with van der Waals surface area (Å²) in [6, 6.07) is -0.489. The molecule has 0 aromatic rings. The Bertz CT molecular complexity index is 471. The number of hydrogen-bond acceptors (Lipinski definition) is 4. The van der Waals surface area contributed by atoms with E-state index in [2.05, 4.69) is 20.8 Å². The highest BCUT2D eigenvalue weighted by molar-refractivity contribution is 7.88. The van der Waals surface area contributed by atoms with Gasteiger partial charge in [0.15, 0.2) is 0 Å². The van der Waals surface area contributed by atoms with Crippen molar-refractivity contribution in [1.82, 2.24) is 4.31 Å². The molecule has 0 saturated carbocycles. The normalized spacial score (nSPS) is 16.6. The van der Waals surface area contributed by atoms with Crippen LogP contribution in [0.25, 0.3) is 0 Å². The molecule has 0 amide bonds. The standard InChI is InChI=1S/C16H33NO4S/c1-12(18)10-14(11-21-13(2)15(3,4)5)17(16(6,7)8)22(9,19)20/h13-14H,10-11H2,1-9H3. The molecule has 2 unspecified atom stereocenters. The van der Waals surface area contributed by atoms with Crippen LogP contribution in [-0.2, 0) is 19.6 Å². The smallest absolute Gasteiger partial charge is 0.212 e. The second-order valence-corrected chi connectivity index (χ2v) is 9.99. The number of ketones is 1. The molecule has 0 fully saturated rings. The summed E-state index contributed by atoms with van der Waals surface area (Å²) in [6.45, 7) is 15.3. The Labute approximate surface area is 136 Å². The minimum atomic E-state index is -3.45. The van der Waals surface area contributed by atoms with Crippen LogP contribution in [0.5, 0.6) is 0 Å². The van der Waals surface area contributed by atoms with E-state index < -0.39 is 21.6 Å². The van der Waals surface area contributed by atoms with Gasteiger partial charge < -0.3 is 4.74 Å². The Kier molecular flexibility index (Phi) is 7.25. The number of nitrogens with zero attached hydrogens (tertiary/aromatic N) is 1. The molecule has 5 nitrogen and oxygen atoms in total. The Morgan fingerprint density at radius 3 is 1.86 bits per heavy atom. The molecule has 0 radical (unpaired) electrons. The first kappa shape index (κ1) is 21.5. The SMILES string of the molecule is CC(=O)CC(COC(C)C(C)(C)C)N(C(C)(C)C)S(C)(=O)=O. The van der Waals surface area contributed by atoms with Crippen LogP contribution in [0.1, 0.15) is 61.8 Å². The maximum atomic E-state index is 12.2. The molecule has 2 atom stereocenters. The second-order valence-electron chi connectivity index (χ2n) is 8.13. The van der Waals surface area contributed by atoms with E-state index >= 15 is 0 Å². The minimum absolute atomic E-state index is 0.0386. The first-order chi connectivity index (χ1) is 9.56. The zero-order valence-corrected chi connectivity index (χ0v) is 16.4. The zero-order valence-electron chi connectivity index (χ0n) is 15.6. The molecule has 0 bridgehead atoms. The predicted molar refractivity (Wildman–Crippen MR) is 90.4 cm³/mol. The van der Waals surface area contributed by atoms with Gasteiger partial charge in [-0.15, -0.1) is 0 Å². The highest BCUT2D eigenvalue weighted by Crippen LogP contribution is 2.26. The number of sulfonamides is 1. The lowest BCUT2D eigenvalue weighted by molar-refractivity contribution is -0.119. The van der Waals surface area contributed by atoms with Crippen molar-refractivity contribution in [2.45, 2.75) is 79.5 Å². The molecule has 6 heteroatoms. The highest BCUT2D eigenvalue weighted by Gasteiger charge is 2.37. The molecule has 0 aromatic heterocycles. The lowest BCUT2D eigenvalue weighted by Crippen LogP contribution is -2.53. The number of carbonyl (C=O) groups excluding carboxylic acids is 1. The Morgan fingerprint density at radius 2 is 1.59 bits per heavy atom. The first-order valence-electron chi connectivity index (χ1n) is 7.67. The fourth-order valence-corrected chi connectivity index (χ4v) is 4.03. The summed E-state index contributed by atoms with van der Waals surface area (Å²) in [7, 11) is -3.45. The Morgan fingerprint density at radius 1 is 1.14 bits per heavy atom. The summed E-state index contributed by atoms with van der Waals surface area (Å²) in [5.41, 5.74) is -0.652. The lowest BCUT2D eigenvalue weighted by atomic mass is 9.90. The van der Waals surface area contributed by atoms with Crippen molar-refractivity contribution >= 4 is 15.8 Å². The molecule has 0 aromatic carbocycles. The molecule has 0 aliphatic rings. The Balaban J connectivity index is 5.38. The molecule has 0 rings (SSSR count). The van der Waals surface area contributed by atoms with Crippen LogP contribution >= 0.6 is 0 Å². The minimum Gasteiger partial charge on any atom is -0.376 e. The lowest BCUT2D eigenvalue weighted by Gasteiger charge is -2.40. The number of Topliss-reactive ketones (excluding diaryl/α,β-unsaturated/α-hetero) is 1. The van der Waals surface area contributed by atoms with Gasteiger partial charge in [-0.25, -0.2) is 8.42 Å². The van der Waals surface area contributed by atoms with E-state index in [1.165, 1.54) is 17.5 Å². The summed E-state index contributed by atoms with van der Waals surface area (Å²) in [4.78, 5) is 11.6. The highest BCUT2D eigenvalue weighted by atomic mass is 32.2. The number of hydrogen-bond donors (Lipinski definition) is 0. The van der Waals surface area contributed by atoms with Crippen molar-refractivity contribution in [3.63, 3.8) is 0 Å². The molecule has 0 aliphatic heterocycles. The average molecular weight is 336 g/mol. The first-order valence-corrected chi connectivity index (χ1v) is 9.52. The summed E-state index contributed by atoms with van der Waals surface area (Å²) in [5, 5.41) is 0. The molecule has 0 spiro atoms. The third kappa shape index (κ3) is 7.20. The second kappa shape index (κ2) is 7.41. The van der Waals surface area contributed by atoms with Crippen LogP contribution < -0.4 is 0 Å². The van der Waals surface area contributed by atoms with Gasteiger partial charge in [-0.2, -0.15) is 4.31 Å². The van der Waals surface area contributed by atoms with E-state index in [0.29, 0.717) is 0 Å². The Hall–Kier alpha value is -0.460. The molecule has 0 heterocycles. The summed E-state index contributed by atoms with van der Waals surface area (Å²) in [6.07, 6.45) is 1.29. The van der Waals surface area contributed by atoms with Crippen LogP contribution in [0.4, 0.5) is 0 Å². The molecule has 0 saturated heterocycles. The van der Waals surface area contributed by atoms with Gasteiger partial charge >= 0.3 is 0 Å². The van der Waals surface area contributed by atoms with Crippen LogP contribution in [0.3, 0.4) is 0 Å². The van der Waals surface area contributed by atoms with Gasteiger partial charge in [0.25, 0.3) is 0 Å². The number of ether oxygens (including phenoxy) is 1. The molecular formula is C16H33NO4S. The van der Waals surface area contributed by atoms with Gasteiger partial charge in [0.05, 0.1) is 25.0 Å². The number of carbonyl (C=O) groups is 1. The maximum absolute atomic E-state index is 12.2. The van der Waals surface area contributed by atoms with Crippen LogP contribution in [0.15, 0.2) is 0 Å². The van der Waals surface area contributed by atoms with Crippen molar-refractivity contribution < 1.29 is 17.9 Å². The maximum Gasteiger partial charge on any atom is 0.212 e. The van der Waals surface area contributed by atoms with E-state index in [1.54, 1.807) is 0 Å². The molecular weight excluding hydrogens is 302 g/mol. The van der Waals surface area contributed by atoms with Crippen molar-refractivity contribution in [2.75, 3.05) is 12.9 Å². The van der Waals surface area contributed by atoms with E-state index in [4.69, 9.17) is 4.74 Å². The van der Waals surface area contributed by atoms with Gasteiger partial charge in [0.1, 0.15) is 5.78 Å². The van der Waals surface area contributed by atoms with E-state index in [0.717, 1.165) is 0 Å². The summed E-state index contributed by atoms with van der Waals surface area (Å²) in [5.74, 6) is -0.0464. The van der Waals surface area contributed by atoms with Gasteiger partial charge in [0.2, 0.25) is 10.0 Å². The third-order valence-corrected chi connectivity index (χ3v) is 5.19. The largest absolute Gasteiger partial charge is 0.376 e. The van der Waals surface area contributed by atoms with Crippen molar-refractivity contribution in [2.24, 2.45) is 5.41 Å². The fourth-order valence-electron chi connectivity index (χ4n) is 2.36. The van der Waals surface area contributed by atoms with Crippen LogP contribution in [0, 0.1) is 5.41 Å². The number of rotatable bonds is 7. The van der Waals surface area contributed by atoms with Crippen molar-refractivity contribution in [3.8, 4) is 0 Å². The summed E-state index contributed by atoms with van der Waals surface area (Å²) < 4.78 is 31.7. The third-order valence-electron chi connectivity index (χ3n) is 3.63. The summed E-state index contributed by atoms with van der Waals surface area (Å²) >= 11 is 0. The van der Waals surface area contributed by atoms with Gasteiger partial charge in [0, 0.05) is 12.0 Å². The van der Waals surface area contributed by atoms with Gasteiger partial charge in [-0.05, 0) is 40.0 Å². The van der Waals surface area contributed by atoms with Crippen molar-refractivity contribution in [3.05, 3.63) is 0 Å². The average Bonchev–Trinajstić information content (AvgIpc) is 2.18. The topological polar surface area (TPSA) is 63.7 Å². The van der Waals surface area contributed by atoms with Gasteiger partial charge in [-0.3, -0.25) is 4.79 Å². The van der Waals surface area contributed by atoms with Crippen LogP contribution in [0.2, 0.25) is 0 Å². The molecule has 0 N–H and O–H groups in total. The van der Waals surface area contributed by atoms with Crippen molar-refractivity contribution in [1.29, 1.82) is 0 Å². The monoisotopic (exact) mass is 335 g/mol. The predicted octanol–water partition coefficient (Wildman–Crippen LogP) is 2.85. The van der Waals surface area contributed by atoms with Gasteiger partial charge in [-0.1, -0.05) is 20.8 Å². The molecule has 22 heavy (non-hydrogen) atoms. The fraction of sp³-hybridized carbons (Fsp3) is 0.938. The van der Waals surface area contributed by atoms with E-state index in [-0.39, 0.29) is 30.3 Å². The molecule has 132 valence electrons. The van der Waals surface area contributed by atoms with E-state index in [1.807, 2.05) is 27.7 Å². The quantitative estimate of drug-likeness (QED) is 0.717. The molecule has 0 aliphatic carbocycles. The zero-order chi connectivity index (χ0) is 17.9. The van der Waals surface area contributed by atoms with E-state index in [9.17, 15) is 13.2 Å². The van der Waals surface area contributed by atoms with Crippen LogP contribution in [-0.4, -0.2) is 49.1 Å².